The molecule has 2 heterocycles. The van der Waals surface area contributed by atoms with Crippen LogP contribution in [0.1, 0.15) is 12.8 Å². The Kier molecular flexibility index (Phi) is 2.24. The van der Waals surface area contributed by atoms with Crippen LogP contribution in [0.5, 0.6) is 0 Å². The highest BCUT2D eigenvalue weighted by Gasteiger charge is 2.36. The Morgan fingerprint density at radius 3 is 3.06 bits per heavy atom. The number of carbonyl (C=O) groups is 1. The fourth-order valence-electron chi connectivity index (χ4n) is 1.97. The number of pyridine rings is 1. The third-order valence-corrected chi connectivity index (χ3v) is 3.03. The second-order valence-electron chi connectivity index (χ2n) is 4.29. The molecule has 2 N–H and O–H groups in total. The zero-order valence-electron chi connectivity index (χ0n) is 9.09. The van der Waals surface area contributed by atoms with Crippen LogP contribution >= 0.6 is 0 Å². The highest BCUT2D eigenvalue weighted by atomic mass is 16.4. The molecule has 1 aliphatic carbocycles. The predicted molar refractivity (Wildman–Crippen MR) is 61.8 cm³/mol. The molecule has 1 fully saturated rings. The molecule has 3 rings (SSSR count). The Morgan fingerprint density at radius 2 is 2.35 bits per heavy atom. The summed E-state index contributed by atoms with van der Waals surface area (Å²) in [5, 5.41) is 13.0. The molecule has 0 radical (unpaired) electrons. The number of nitrogens with zero attached hydrogens (tertiary/aromatic N) is 1. The third-order valence-electron chi connectivity index (χ3n) is 3.03. The topological polar surface area (TPSA) is 75.4 Å². The summed E-state index contributed by atoms with van der Waals surface area (Å²) in [6.07, 6.45) is 5.11. The van der Waals surface area contributed by atoms with Gasteiger partial charge < -0.3 is 14.8 Å². The normalized spacial score (nSPS) is 16.9. The maximum absolute atomic E-state index is 11.1. The van der Waals surface area contributed by atoms with E-state index >= 15 is 0 Å². The molecule has 1 saturated carbocycles. The van der Waals surface area contributed by atoms with Crippen molar-refractivity contribution in [2.24, 2.45) is 5.92 Å². The summed E-state index contributed by atoms with van der Waals surface area (Å²) in [5.74, 6) is -0.0261. The Hall–Kier alpha value is -2.04. The molecule has 1 unspecified atom stereocenters. The second kappa shape index (κ2) is 3.76. The van der Waals surface area contributed by atoms with Crippen LogP contribution in [0.25, 0.3) is 11.0 Å². The zero-order valence-corrected chi connectivity index (χ0v) is 9.09. The Labute approximate surface area is 97.5 Å². The number of rotatable bonds is 4. The molecule has 1 aliphatic rings. The molecule has 17 heavy (non-hydrogen) atoms. The van der Waals surface area contributed by atoms with E-state index in [1.54, 1.807) is 24.6 Å². The van der Waals surface area contributed by atoms with Crippen molar-refractivity contribution in [2.75, 3.05) is 5.32 Å². The first-order chi connectivity index (χ1) is 8.25. The fraction of sp³-hybridized carbons (Fsp3) is 0.333. The van der Waals surface area contributed by atoms with Gasteiger partial charge in [-0.2, -0.15) is 0 Å². The first-order valence-electron chi connectivity index (χ1n) is 5.57. The Morgan fingerprint density at radius 1 is 1.53 bits per heavy atom. The minimum Gasteiger partial charge on any atom is -0.480 e. The molecule has 88 valence electrons. The molecule has 0 aliphatic heterocycles. The van der Waals surface area contributed by atoms with Crippen molar-refractivity contribution in [3.05, 3.63) is 24.6 Å². The lowest BCUT2D eigenvalue weighted by molar-refractivity contribution is -0.138. The van der Waals surface area contributed by atoms with Gasteiger partial charge in [-0.05, 0) is 30.9 Å². The van der Waals surface area contributed by atoms with Gasteiger partial charge in [0.1, 0.15) is 17.4 Å². The number of carboxylic acids is 1. The predicted octanol–water partition coefficient (Wildman–Crippen LogP) is 2.10. The summed E-state index contributed by atoms with van der Waals surface area (Å²) < 4.78 is 5.25. The van der Waals surface area contributed by atoms with Crippen molar-refractivity contribution in [3.63, 3.8) is 0 Å². The maximum Gasteiger partial charge on any atom is 0.326 e. The van der Waals surface area contributed by atoms with Crippen molar-refractivity contribution in [1.82, 2.24) is 4.98 Å². The minimum absolute atomic E-state index is 0.219. The highest BCUT2D eigenvalue weighted by Crippen LogP contribution is 2.35. The van der Waals surface area contributed by atoms with E-state index in [1.807, 2.05) is 0 Å². The van der Waals surface area contributed by atoms with Crippen LogP contribution in [-0.4, -0.2) is 22.1 Å². The molecule has 0 amide bonds. The van der Waals surface area contributed by atoms with Crippen molar-refractivity contribution < 1.29 is 14.3 Å². The SMILES string of the molecule is O=C(O)C(Nc1nccc2occc12)C1CC1. The van der Waals surface area contributed by atoms with Crippen LogP contribution in [0.15, 0.2) is 29.0 Å². The van der Waals surface area contributed by atoms with Gasteiger partial charge in [-0.3, -0.25) is 0 Å². The number of fused-ring (bicyclic) bond motifs is 1. The molecule has 0 spiro atoms. The molecule has 5 heteroatoms. The standard InChI is InChI=1S/C12H12N2O3/c15-12(16)10(7-1-2-7)14-11-8-4-6-17-9(8)3-5-13-11/h3-7,10H,1-2H2,(H,13,14)(H,15,16). The van der Waals surface area contributed by atoms with Gasteiger partial charge in [0.05, 0.1) is 11.6 Å². The Bertz CT molecular complexity index is 560. The second-order valence-corrected chi connectivity index (χ2v) is 4.29. The van der Waals surface area contributed by atoms with Crippen molar-refractivity contribution in [1.29, 1.82) is 0 Å². The number of aliphatic carboxylic acids is 1. The third kappa shape index (κ3) is 1.84. The van der Waals surface area contributed by atoms with Crippen molar-refractivity contribution in [2.45, 2.75) is 18.9 Å². The number of aromatic nitrogens is 1. The quantitative estimate of drug-likeness (QED) is 0.844. The monoisotopic (exact) mass is 232 g/mol. The van der Waals surface area contributed by atoms with Gasteiger partial charge in [0, 0.05) is 6.20 Å². The van der Waals surface area contributed by atoms with E-state index in [2.05, 4.69) is 10.3 Å². The summed E-state index contributed by atoms with van der Waals surface area (Å²) in [4.78, 5) is 15.3. The van der Waals surface area contributed by atoms with Crippen molar-refractivity contribution >= 4 is 22.8 Å². The van der Waals surface area contributed by atoms with Crippen LogP contribution in [0, 0.1) is 5.92 Å². The van der Waals surface area contributed by atoms with Crippen LogP contribution < -0.4 is 5.32 Å². The van der Waals surface area contributed by atoms with E-state index in [1.165, 1.54) is 0 Å². The van der Waals surface area contributed by atoms with Crippen LogP contribution in [0.4, 0.5) is 5.82 Å². The summed E-state index contributed by atoms with van der Waals surface area (Å²) >= 11 is 0. The molecule has 0 aromatic carbocycles. The average Bonchev–Trinajstić information content (AvgIpc) is 3.02. The van der Waals surface area contributed by atoms with Gasteiger partial charge in [0.15, 0.2) is 0 Å². The van der Waals surface area contributed by atoms with Gasteiger partial charge in [0.25, 0.3) is 0 Å². The summed E-state index contributed by atoms with van der Waals surface area (Å²) in [6.45, 7) is 0. The smallest absolute Gasteiger partial charge is 0.326 e. The first-order valence-corrected chi connectivity index (χ1v) is 5.57. The highest BCUT2D eigenvalue weighted by molar-refractivity contribution is 5.90. The minimum atomic E-state index is -0.824. The van der Waals surface area contributed by atoms with Crippen LogP contribution in [0.2, 0.25) is 0 Å². The summed E-state index contributed by atoms with van der Waals surface area (Å²) in [6, 6.07) is 2.99. The lowest BCUT2D eigenvalue weighted by Crippen LogP contribution is -2.31. The van der Waals surface area contributed by atoms with E-state index in [0.717, 1.165) is 18.2 Å². The van der Waals surface area contributed by atoms with Gasteiger partial charge in [-0.1, -0.05) is 0 Å². The molecule has 0 saturated heterocycles. The van der Waals surface area contributed by atoms with Gasteiger partial charge in [-0.15, -0.1) is 0 Å². The maximum atomic E-state index is 11.1. The van der Waals surface area contributed by atoms with E-state index < -0.39 is 12.0 Å². The summed E-state index contributed by atoms with van der Waals surface area (Å²) in [7, 11) is 0. The van der Waals surface area contributed by atoms with Gasteiger partial charge in [-0.25, -0.2) is 9.78 Å². The molecular formula is C12H12N2O3. The lowest BCUT2D eigenvalue weighted by Gasteiger charge is -2.14. The average molecular weight is 232 g/mol. The molecule has 2 aromatic rings. The number of furan rings is 1. The molecular weight excluding hydrogens is 220 g/mol. The van der Waals surface area contributed by atoms with E-state index in [9.17, 15) is 4.79 Å². The van der Waals surface area contributed by atoms with Gasteiger partial charge >= 0.3 is 5.97 Å². The largest absolute Gasteiger partial charge is 0.480 e. The molecule has 0 bridgehead atoms. The number of carboxylic acid groups (broad SMARTS) is 1. The lowest BCUT2D eigenvalue weighted by atomic mass is 10.2. The van der Waals surface area contributed by atoms with E-state index in [4.69, 9.17) is 9.52 Å². The molecule has 1 atom stereocenters. The molecule has 5 nitrogen and oxygen atoms in total. The van der Waals surface area contributed by atoms with Crippen LogP contribution in [-0.2, 0) is 4.79 Å². The first kappa shape index (κ1) is 10.1. The van der Waals surface area contributed by atoms with Crippen molar-refractivity contribution in [3.8, 4) is 0 Å². The number of nitrogens with one attached hydrogen (secondary N) is 1. The van der Waals surface area contributed by atoms with E-state index in [-0.39, 0.29) is 5.92 Å². The Balaban J connectivity index is 1.93. The van der Waals surface area contributed by atoms with Crippen LogP contribution in [0.3, 0.4) is 0 Å². The number of anilines is 1. The fourth-order valence-corrected chi connectivity index (χ4v) is 1.97. The zero-order chi connectivity index (χ0) is 11.8. The number of hydrogen-bond acceptors (Lipinski definition) is 4. The van der Waals surface area contributed by atoms with Gasteiger partial charge in [0.2, 0.25) is 0 Å². The number of hydrogen-bond donors (Lipinski definition) is 2. The van der Waals surface area contributed by atoms with E-state index in [0.29, 0.717) is 11.4 Å². The summed E-state index contributed by atoms with van der Waals surface area (Å²) in [5.41, 5.74) is 0.711. The molecule has 2 aromatic heterocycles.